The Bertz CT molecular complexity index is 1130. The predicted molar refractivity (Wildman–Crippen MR) is 132 cm³/mol. The van der Waals surface area contributed by atoms with Gasteiger partial charge in [0.05, 0.1) is 16.9 Å². The Morgan fingerprint density at radius 2 is 2.09 bits per heavy atom. The van der Waals surface area contributed by atoms with Gasteiger partial charge in [-0.15, -0.1) is 0 Å². The topological polar surface area (TPSA) is 71.4 Å². The van der Waals surface area contributed by atoms with Gasteiger partial charge in [0.15, 0.2) is 0 Å². The Balaban J connectivity index is 1.52. The van der Waals surface area contributed by atoms with Crippen molar-refractivity contribution in [1.82, 2.24) is 20.0 Å². The molecule has 2 heterocycles. The van der Waals surface area contributed by atoms with E-state index in [1.54, 1.807) is 36.1 Å². The number of carbonyl (C=O) groups excluding carboxylic acids is 1. The summed E-state index contributed by atoms with van der Waals surface area (Å²) in [6.45, 7) is 3.39. The number of piperidine rings is 1. The lowest BCUT2D eigenvalue weighted by Crippen LogP contribution is -2.42. The minimum atomic E-state index is -0.465. The molecule has 0 atom stereocenters. The summed E-state index contributed by atoms with van der Waals surface area (Å²) < 4.78 is 21.4. The van der Waals surface area contributed by atoms with Gasteiger partial charge >= 0.3 is 0 Å². The molecule has 3 aromatic rings. The molecule has 1 fully saturated rings. The quantitative estimate of drug-likeness (QED) is 0.500. The van der Waals surface area contributed by atoms with E-state index in [2.05, 4.69) is 27.7 Å². The SMILES string of the molecule is CN(CCOc1ccc(NC(=O)c2cccc(F)c2)cc1-c1c(Cl)cnn1C)C1CCNCC1. The van der Waals surface area contributed by atoms with Crippen LogP contribution in [0.1, 0.15) is 23.2 Å². The molecular formula is C25H29ClFN5O2. The second-order valence-corrected chi connectivity index (χ2v) is 8.86. The van der Waals surface area contributed by atoms with Gasteiger partial charge in [0, 0.05) is 36.4 Å². The highest BCUT2D eigenvalue weighted by atomic mass is 35.5. The normalized spacial score (nSPS) is 14.4. The molecule has 0 saturated carbocycles. The number of aromatic nitrogens is 2. The number of likely N-dealkylation sites (N-methyl/N-ethyl adjacent to an activating group) is 1. The average Bonchev–Trinajstić information content (AvgIpc) is 3.18. The summed E-state index contributed by atoms with van der Waals surface area (Å²) in [5, 5.41) is 10.9. The summed E-state index contributed by atoms with van der Waals surface area (Å²) in [6.07, 6.45) is 3.84. The predicted octanol–water partition coefficient (Wildman–Crippen LogP) is 4.19. The van der Waals surface area contributed by atoms with Crippen LogP contribution in [0.25, 0.3) is 11.3 Å². The zero-order chi connectivity index (χ0) is 24.1. The number of halogens is 2. The van der Waals surface area contributed by atoms with Crippen LogP contribution < -0.4 is 15.4 Å². The lowest BCUT2D eigenvalue weighted by Gasteiger charge is -2.31. The molecule has 2 aromatic carbocycles. The van der Waals surface area contributed by atoms with E-state index in [9.17, 15) is 9.18 Å². The summed E-state index contributed by atoms with van der Waals surface area (Å²) in [5.41, 5.74) is 2.18. The third-order valence-corrected chi connectivity index (χ3v) is 6.38. The third-order valence-electron chi connectivity index (χ3n) is 6.11. The summed E-state index contributed by atoms with van der Waals surface area (Å²) in [5.74, 6) is -0.222. The summed E-state index contributed by atoms with van der Waals surface area (Å²) >= 11 is 6.43. The first kappa shape index (κ1) is 24.2. The van der Waals surface area contributed by atoms with Crippen molar-refractivity contribution in [1.29, 1.82) is 0 Å². The standard InChI is InChI=1S/C25H29ClFN5O2/c1-31(20-8-10-28-11-9-20)12-13-34-23-7-6-19(15-21(23)24-22(26)16-29-32(24)2)30-25(33)17-4-3-5-18(27)14-17/h3-7,14-16,20,28H,8-13H2,1-2H3,(H,30,33). The van der Waals surface area contributed by atoms with E-state index >= 15 is 0 Å². The Morgan fingerprint density at radius 3 is 2.79 bits per heavy atom. The number of ether oxygens (including phenoxy) is 1. The molecule has 0 aliphatic carbocycles. The van der Waals surface area contributed by atoms with Gasteiger partial charge in [-0.25, -0.2) is 4.39 Å². The van der Waals surface area contributed by atoms with E-state index in [0.29, 0.717) is 40.4 Å². The highest BCUT2D eigenvalue weighted by Crippen LogP contribution is 2.36. The van der Waals surface area contributed by atoms with Crippen molar-refractivity contribution in [3.05, 3.63) is 65.1 Å². The minimum absolute atomic E-state index is 0.237. The molecule has 34 heavy (non-hydrogen) atoms. The molecule has 0 bridgehead atoms. The molecule has 0 radical (unpaired) electrons. The van der Waals surface area contributed by atoms with Crippen LogP contribution in [0.15, 0.2) is 48.7 Å². The van der Waals surface area contributed by atoms with E-state index < -0.39 is 11.7 Å². The van der Waals surface area contributed by atoms with Crippen LogP contribution in [-0.2, 0) is 7.05 Å². The highest BCUT2D eigenvalue weighted by Gasteiger charge is 2.19. The second-order valence-electron chi connectivity index (χ2n) is 8.45. The van der Waals surface area contributed by atoms with Crippen LogP contribution in [-0.4, -0.2) is 59.9 Å². The molecule has 1 saturated heterocycles. The van der Waals surface area contributed by atoms with Crippen LogP contribution in [0.3, 0.4) is 0 Å². The Labute approximate surface area is 203 Å². The van der Waals surface area contributed by atoms with Crippen molar-refractivity contribution in [3.63, 3.8) is 0 Å². The number of hydrogen-bond acceptors (Lipinski definition) is 5. The van der Waals surface area contributed by atoms with Gasteiger partial charge in [0.1, 0.15) is 18.2 Å². The molecule has 1 aliphatic rings. The van der Waals surface area contributed by atoms with Gasteiger partial charge in [0.2, 0.25) is 0 Å². The van der Waals surface area contributed by atoms with Crippen LogP contribution in [0.4, 0.5) is 10.1 Å². The molecule has 0 unspecified atom stereocenters. The van der Waals surface area contributed by atoms with Crippen molar-refractivity contribution in [3.8, 4) is 17.0 Å². The fraction of sp³-hybridized carbons (Fsp3) is 0.360. The number of nitrogens with one attached hydrogen (secondary N) is 2. The molecule has 1 amide bonds. The number of rotatable bonds is 8. The minimum Gasteiger partial charge on any atom is -0.492 e. The first-order valence-electron chi connectivity index (χ1n) is 11.3. The molecule has 7 nitrogen and oxygen atoms in total. The fourth-order valence-corrected chi connectivity index (χ4v) is 4.46. The zero-order valence-electron chi connectivity index (χ0n) is 19.4. The number of carbonyl (C=O) groups is 1. The number of anilines is 1. The number of nitrogens with zero attached hydrogens (tertiary/aromatic N) is 3. The number of benzene rings is 2. The van der Waals surface area contributed by atoms with E-state index in [0.717, 1.165) is 32.5 Å². The average molecular weight is 486 g/mol. The first-order chi connectivity index (χ1) is 16.4. The maximum absolute atomic E-state index is 13.5. The lowest BCUT2D eigenvalue weighted by molar-refractivity contribution is 0.102. The van der Waals surface area contributed by atoms with Crippen molar-refractivity contribution in [2.24, 2.45) is 7.05 Å². The Kier molecular flexibility index (Phi) is 7.82. The van der Waals surface area contributed by atoms with Crippen molar-refractivity contribution in [2.45, 2.75) is 18.9 Å². The molecule has 1 aliphatic heterocycles. The van der Waals surface area contributed by atoms with Gasteiger partial charge in [-0.2, -0.15) is 5.10 Å². The Hall–Kier alpha value is -2.94. The molecule has 1 aromatic heterocycles. The maximum Gasteiger partial charge on any atom is 0.255 e. The third kappa shape index (κ3) is 5.75. The van der Waals surface area contributed by atoms with E-state index in [4.69, 9.17) is 16.3 Å². The van der Waals surface area contributed by atoms with Crippen LogP contribution in [0, 0.1) is 5.82 Å². The first-order valence-corrected chi connectivity index (χ1v) is 11.7. The van der Waals surface area contributed by atoms with Gasteiger partial charge in [-0.05, 0) is 69.4 Å². The van der Waals surface area contributed by atoms with Crippen LogP contribution in [0.5, 0.6) is 5.75 Å². The molecule has 4 rings (SSSR count). The van der Waals surface area contributed by atoms with E-state index in [1.807, 2.05) is 6.07 Å². The van der Waals surface area contributed by atoms with E-state index in [-0.39, 0.29) is 5.56 Å². The maximum atomic E-state index is 13.5. The molecule has 180 valence electrons. The number of aryl methyl sites for hydroxylation is 1. The Morgan fingerprint density at radius 1 is 1.29 bits per heavy atom. The second kappa shape index (κ2) is 11.0. The highest BCUT2D eigenvalue weighted by molar-refractivity contribution is 6.33. The van der Waals surface area contributed by atoms with Crippen molar-refractivity contribution in [2.75, 3.05) is 38.6 Å². The smallest absolute Gasteiger partial charge is 0.255 e. The van der Waals surface area contributed by atoms with Gasteiger partial charge in [-0.1, -0.05) is 17.7 Å². The van der Waals surface area contributed by atoms with Crippen molar-refractivity contribution >= 4 is 23.2 Å². The summed E-state index contributed by atoms with van der Waals surface area (Å²) in [7, 11) is 3.93. The number of hydrogen-bond donors (Lipinski definition) is 2. The summed E-state index contributed by atoms with van der Waals surface area (Å²) in [6, 6.07) is 11.5. The molecular weight excluding hydrogens is 457 g/mol. The summed E-state index contributed by atoms with van der Waals surface area (Å²) in [4.78, 5) is 15.0. The lowest BCUT2D eigenvalue weighted by atomic mass is 10.1. The largest absolute Gasteiger partial charge is 0.492 e. The number of amides is 1. The molecule has 2 N–H and O–H groups in total. The zero-order valence-corrected chi connectivity index (χ0v) is 20.1. The van der Waals surface area contributed by atoms with Gasteiger partial charge in [0.25, 0.3) is 5.91 Å². The van der Waals surface area contributed by atoms with Crippen molar-refractivity contribution < 1.29 is 13.9 Å². The van der Waals surface area contributed by atoms with Gasteiger partial charge < -0.3 is 15.4 Å². The van der Waals surface area contributed by atoms with Crippen LogP contribution >= 0.6 is 11.6 Å². The molecule has 0 spiro atoms. The fourth-order valence-electron chi connectivity index (χ4n) is 4.19. The van der Waals surface area contributed by atoms with E-state index in [1.165, 1.54) is 18.2 Å². The van der Waals surface area contributed by atoms with Crippen LogP contribution in [0.2, 0.25) is 5.02 Å². The molecule has 9 heteroatoms. The van der Waals surface area contributed by atoms with Gasteiger partial charge in [-0.3, -0.25) is 14.4 Å². The monoisotopic (exact) mass is 485 g/mol.